The molecule has 1 heterocycles. The Morgan fingerprint density at radius 2 is 1.94 bits per heavy atom. The Morgan fingerprint density at radius 3 is 2.50 bits per heavy atom. The van der Waals surface area contributed by atoms with Gasteiger partial charge in [0.05, 0.1) is 12.0 Å². The maximum atomic E-state index is 12.2. The number of ketones is 1. The fraction of sp³-hybridized carbons (Fsp3) is 0.562. The molecule has 18 heavy (non-hydrogen) atoms. The number of hydrogen-bond acceptors (Lipinski definition) is 2. The standard InChI is InChI=1S/C16H20O2/c1-15(2,3)11-5-6-12-13(17)10-16(7-4-8-16)18-14(12)9-11/h5-6,9H,4,7-8,10H2,1-3H3. The van der Waals surface area contributed by atoms with Crippen molar-refractivity contribution < 1.29 is 9.53 Å². The summed E-state index contributed by atoms with van der Waals surface area (Å²) in [6, 6.07) is 6.05. The highest BCUT2D eigenvalue weighted by Crippen LogP contribution is 2.45. The van der Waals surface area contributed by atoms with Crippen LogP contribution in [0.4, 0.5) is 0 Å². The van der Waals surface area contributed by atoms with Gasteiger partial charge in [0.15, 0.2) is 5.78 Å². The molecule has 1 fully saturated rings. The van der Waals surface area contributed by atoms with Gasteiger partial charge in [0.2, 0.25) is 0 Å². The van der Waals surface area contributed by atoms with Crippen molar-refractivity contribution in [2.45, 2.75) is 57.5 Å². The summed E-state index contributed by atoms with van der Waals surface area (Å²) in [5.74, 6) is 1.05. The first-order valence-electron chi connectivity index (χ1n) is 6.76. The average Bonchev–Trinajstić information content (AvgIpc) is 2.25. The summed E-state index contributed by atoms with van der Waals surface area (Å²) in [6.45, 7) is 6.54. The normalized spacial score (nSPS) is 21.2. The van der Waals surface area contributed by atoms with Gasteiger partial charge in [-0.2, -0.15) is 0 Å². The van der Waals surface area contributed by atoms with E-state index in [1.165, 1.54) is 12.0 Å². The molecular formula is C16H20O2. The van der Waals surface area contributed by atoms with Crippen molar-refractivity contribution in [1.29, 1.82) is 0 Å². The molecule has 1 saturated carbocycles. The highest BCUT2D eigenvalue weighted by Gasteiger charge is 2.45. The van der Waals surface area contributed by atoms with E-state index in [0.717, 1.165) is 24.2 Å². The fourth-order valence-corrected chi connectivity index (χ4v) is 2.81. The summed E-state index contributed by atoms with van der Waals surface area (Å²) in [5.41, 5.74) is 1.91. The van der Waals surface area contributed by atoms with Gasteiger partial charge < -0.3 is 4.74 Å². The van der Waals surface area contributed by atoms with E-state index < -0.39 is 0 Å². The van der Waals surface area contributed by atoms with Crippen molar-refractivity contribution >= 4 is 5.78 Å². The number of Topliss-reactive ketones (excluding diaryl/α,β-unsaturated/α-hetero) is 1. The van der Waals surface area contributed by atoms with Gasteiger partial charge in [-0.1, -0.05) is 26.8 Å². The first-order chi connectivity index (χ1) is 8.40. The van der Waals surface area contributed by atoms with Crippen molar-refractivity contribution in [1.82, 2.24) is 0 Å². The van der Waals surface area contributed by atoms with Crippen LogP contribution >= 0.6 is 0 Å². The molecule has 3 rings (SSSR count). The molecule has 2 nitrogen and oxygen atoms in total. The molecule has 1 spiro atoms. The van der Waals surface area contributed by atoms with E-state index in [0.29, 0.717) is 6.42 Å². The maximum Gasteiger partial charge on any atom is 0.170 e. The quantitative estimate of drug-likeness (QED) is 0.692. The summed E-state index contributed by atoms with van der Waals surface area (Å²) in [6.07, 6.45) is 3.80. The number of fused-ring (bicyclic) bond motifs is 1. The van der Waals surface area contributed by atoms with Gasteiger partial charge in [0.25, 0.3) is 0 Å². The minimum absolute atomic E-state index is 0.0889. The minimum Gasteiger partial charge on any atom is -0.486 e. The molecule has 2 heteroatoms. The van der Waals surface area contributed by atoms with Crippen LogP contribution in [0.15, 0.2) is 18.2 Å². The lowest BCUT2D eigenvalue weighted by Crippen LogP contribution is -2.47. The summed E-state index contributed by atoms with van der Waals surface area (Å²) < 4.78 is 6.14. The minimum atomic E-state index is -0.166. The highest BCUT2D eigenvalue weighted by molar-refractivity contribution is 6.00. The van der Waals surface area contributed by atoms with Crippen LogP contribution in [0, 0.1) is 0 Å². The molecule has 1 aliphatic heterocycles. The maximum absolute atomic E-state index is 12.2. The fourth-order valence-electron chi connectivity index (χ4n) is 2.81. The van der Waals surface area contributed by atoms with Crippen LogP contribution in [0.25, 0.3) is 0 Å². The van der Waals surface area contributed by atoms with E-state index in [2.05, 4.69) is 32.9 Å². The Labute approximate surface area is 108 Å². The van der Waals surface area contributed by atoms with Crippen molar-refractivity contribution in [3.63, 3.8) is 0 Å². The van der Waals surface area contributed by atoms with E-state index in [1.807, 2.05) is 6.07 Å². The van der Waals surface area contributed by atoms with Gasteiger partial charge in [0.1, 0.15) is 11.4 Å². The van der Waals surface area contributed by atoms with Crippen molar-refractivity contribution in [3.05, 3.63) is 29.3 Å². The Bertz CT molecular complexity index is 504. The zero-order valence-corrected chi connectivity index (χ0v) is 11.4. The van der Waals surface area contributed by atoms with Crippen LogP contribution in [0.3, 0.4) is 0 Å². The SMILES string of the molecule is CC(C)(C)c1ccc2c(c1)OC1(CCC1)CC2=O. The van der Waals surface area contributed by atoms with E-state index in [4.69, 9.17) is 4.74 Å². The largest absolute Gasteiger partial charge is 0.486 e. The monoisotopic (exact) mass is 244 g/mol. The number of ether oxygens (including phenoxy) is 1. The van der Waals surface area contributed by atoms with Gasteiger partial charge in [-0.05, 0) is 42.4 Å². The van der Waals surface area contributed by atoms with Gasteiger partial charge in [-0.3, -0.25) is 4.79 Å². The Kier molecular flexibility index (Phi) is 2.35. The van der Waals surface area contributed by atoms with E-state index >= 15 is 0 Å². The predicted molar refractivity (Wildman–Crippen MR) is 71.3 cm³/mol. The van der Waals surface area contributed by atoms with Gasteiger partial charge in [-0.15, -0.1) is 0 Å². The number of rotatable bonds is 0. The molecule has 2 aliphatic rings. The third-order valence-electron chi connectivity index (χ3n) is 4.22. The molecular weight excluding hydrogens is 224 g/mol. The molecule has 0 N–H and O–H groups in total. The molecule has 0 bridgehead atoms. The van der Waals surface area contributed by atoms with Crippen molar-refractivity contribution in [3.8, 4) is 5.75 Å². The van der Waals surface area contributed by atoms with Gasteiger partial charge >= 0.3 is 0 Å². The van der Waals surface area contributed by atoms with E-state index in [-0.39, 0.29) is 16.8 Å². The second kappa shape index (κ2) is 3.59. The Morgan fingerprint density at radius 1 is 1.22 bits per heavy atom. The van der Waals surface area contributed by atoms with E-state index in [1.54, 1.807) is 0 Å². The summed E-state index contributed by atoms with van der Waals surface area (Å²) >= 11 is 0. The topological polar surface area (TPSA) is 26.3 Å². The molecule has 0 amide bonds. The highest BCUT2D eigenvalue weighted by atomic mass is 16.5. The molecule has 0 unspecified atom stereocenters. The lowest BCUT2D eigenvalue weighted by Gasteiger charge is -2.44. The Balaban J connectivity index is 2.02. The number of benzene rings is 1. The third kappa shape index (κ3) is 1.75. The van der Waals surface area contributed by atoms with Crippen molar-refractivity contribution in [2.75, 3.05) is 0 Å². The smallest absolute Gasteiger partial charge is 0.170 e. The van der Waals surface area contributed by atoms with Crippen LogP contribution < -0.4 is 4.74 Å². The lowest BCUT2D eigenvalue weighted by atomic mass is 9.74. The second-order valence-corrected chi connectivity index (χ2v) is 6.70. The molecule has 96 valence electrons. The summed E-state index contributed by atoms with van der Waals surface area (Å²) in [5, 5.41) is 0. The zero-order chi connectivity index (χ0) is 13.0. The molecule has 1 aromatic carbocycles. The van der Waals surface area contributed by atoms with Crippen LogP contribution in [0.1, 0.15) is 62.4 Å². The molecule has 1 aromatic rings. The molecule has 0 aromatic heterocycles. The first-order valence-corrected chi connectivity index (χ1v) is 6.76. The number of carbonyl (C=O) groups excluding carboxylic acids is 1. The van der Waals surface area contributed by atoms with Crippen LogP contribution in [-0.4, -0.2) is 11.4 Å². The molecule has 0 radical (unpaired) electrons. The Hall–Kier alpha value is -1.31. The van der Waals surface area contributed by atoms with Crippen molar-refractivity contribution in [2.24, 2.45) is 0 Å². The predicted octanol–water partition coefficient (Wildman–Crippen LogP) is 3.87. The molecule has 0 atom stereocenters. The molecule has 0 saturated heterocycles. The summed E-state index contributed by atoms with van der Waals surface area (Å²) in [4.78, 5) is 12.2. The second-order valence-electron chi connectivity index (χ2n) is 6.70. The average molecular weight is 244 g/mol. The van der Waals surface area contributed by atoms with Gasteiger partial charge in [-0.25, -0.2) is 0 Å². The summed E-state index contributed by atoms with van der Waals surface area (Å²) in [7, 11) is 0. The van der Waals surface area contributed by atoms with E-state index in [9.17, 15) is 4.79 Å². The van der Waals surface area contributed by atoms with Crippen LogP contribution in [0.2, 0.25) is 0 Å². The third-order valence-corrected chi connectivity index (χ3v) is 4.22. The molecule has 1 aliphatic carbocycles. The van der Waals surface area contributed by atoms with Crippen LogP contribution in [0.5, 0.6) is 5.75 Å². The number of carbonyl (C=O) groups is 1. The number of hydrogen-bond donors (Lipinski definition) is 0. The zero-order valence-electron chi connectivity index (χ0n) is 11.4. The van der Waals surface area contributed by atoms with Crippen LogP contribution in [-0.2, 0) is 5.41 Å². The lowest BCUT2D eigenvalue weighted by molar-refractivity contribution is -0.0178. The first kappa shape index (κ1) is 11.8. The van der Waals surface area contributed by atoms with Gasteiger partial charge in [0, 0.05) is 0 Å².